The summed E-state index contributed by atoms with van der Waals surface area (Å²) in [4.78, 5) is 27.5. The van der Waals surface area contributed by atoms with Gasteiger partial charge in [-0.1, -0.05) is 37.3 Å². The summed E-state index contributed by atoms with van der Waals surface area (Å²) >= 11 is 0. The van der Waals surface area contributed by atoms with E-state index in [0.29, 0.717) is 0 Å². The molecule has 7 rings (SSSR count). The Hall–Kier alpha value is -5.62. The summed E-state index contributed by atoms with van der Waals surface area (Å²) in [5.74, 6) is 1.01. The van der Waals surface area contributed by atoms with Crippen LogP contribution in [0, 0.1) is 12.8 Å². The maximum Gasteiger partial charge on any atom is 0.126 e. The summed E-state index contributed by atoms with van der Waals surface area (Å²) < 4.78 is 0. The molecule has 2 atom stereocenters. The largest absolute Gasteiger partial charge is 0.264 e. The average molecular weight is 571 g/mol. The number of hydrogen-bond donors (Lipinski definition) is 0. The van der Waals surface area contributed by atoms with Crippen LogP contribution in [0.2, 0.25) is 0 Å². The standard InChI is InChI=1S/C38H30N6/c1-25-35(30-10-6-14-42-24-30)18-33(29-9-5-13-41-23-29)19-36(25)38-20-37(43-26(2)44-38)34-16-31(27-7-3-11-39-21-27)15-32(17-34)28-8-4-12-40-22-28/h3-25,35H,1-2H3. The van der Waals surface area contributed by atoms with E-state index in [1.807, 2.05) is 62.2 Å². The third kappa shape index (κ3) is 5.57. The Labute approximate surface area is 257 Å². The summed E-state index contributed by atoms with van der Waals surface area (Å²) in [6.45, 7) is 4.23. The van der Waals surface area contributed by atoms with Crippen molar-refractivity contribution in [3.63, 3.8) is 0 Å². The molecule has 0 saturated carbocycles. The molecule has 6 aromatic rings. The summed E-state index contributed by atoms with van der Waals surface area (Å²) in [7, 11) is 0. The molecule has 0 aliphatic heterocycles. The zero-order valence-corrected chi connectivity index (χ0v) is 24.5. The van der Waals surface area contributed by atoms with Gasteiger partial charge in [-0.3, -0.25) is 19.9 Å². The lowest BCUT2D eigenvalue weighted by molar-refractivity contribution is 0.650. The summed E-state index contributed by atoms with van der Waals surface area (Å²) in [5, 5.41) is 0. The van der Waals surface area contributed by atoms with Crippen molar-refractivity contribution in [1.82, 2.24) is 29.9 Å². The van der Waals surface area contributed by atoms with Gasteiger partial charge < -0.3 is 0 Å². The minimum atomic E-state index is 0.128. The van der Waals surface area contributed by atoms with Crippen LogP contribution in [0.1, 0.15) is 35.5 Å². The van der Waals surface area contributed by atoms with Crippen LogP contribution in [0.5, 0.6) is 0 Å². The van der Waals surface area contributed by atoms with Gasteiger partial charge >= 0.3 is 0 Å². The van der Waals surface area contributed by atoms with Crippen LogP contribution < -0.4 is 0 Å². The van der Waals surface area contributed by atoms with Crippen LogP contribution in [-0.2, 0) is 0 Å². The van der Waals surface area contributed by atoms with Crippen molar-refractivity contribution >= 4 is 11.1 Å². The summed E-state index contributed by atoms with van der Waals surface area (Å²) in [6, 6.07) is 25.0. The van der Waals surface area contributed by atoms with Gasteiger partial charge in [-0.25, -0.2) is 9.97 Å². The fourth-order valence-corrected chi connectivity index (χ4v) is 5.90. The Morgan fingerprint density at radius 2 is 1.09 bits per heavy atom. The van der Waals surface area contributed by atoms with Crippen molar-refractivity contribution in [2.75, 3.05) is 0 Å². The number of hydrogen-bond acceptors (Lipinski definition) is 6. The van der Waals surface area contributed by atoms with E-state index < -0.39 is 0 Å². The van der Waals surface area contributed by atoms with Crippen molar-refractivity contribution in [2.45, 2.75) is 19.8 Å². The minimum absolute atomic E-state index is 0.128. The molecule has 44 heavy (non-hydrogen) atoms. The number of pyridine rings is 4. The van der Waals surface area contributed by atoms with E-state index in [1.54, 1.807) is 18.6 Å². The first kappa shape index (κ1) is 27.2. The summed E-state index contributed by atoms with van der Waals surface area (Å²) in [6.07, 6.45) is 19.4. The molecule has 5 heterocycles. The zero-order chi connectivity index (χ0) is 29.9. The van der Waals surface area contributed by atoms with Gasteiger partial charge in [0.15, 0.2) is 0 Å². The van der Waals surface area contributed by atoms with Crippen molar-refractivity contribution in [3.8, 4) is 33.5 Å². The first-order valence-corrected chi connectivity index (χ1v) is 14.7. The Kier molecular flexibility index (Phi) is 7.39. The lowest BCUT2D eigenvalue weighted by atomic mass is 9.75. The Morgan fingerprint density at radius 1 is 0.545 bits per heavy atom. The predicted octanol–water partition coefficient (Wildman–Crippen LogP) is 8.27. The molecule has 0 radical (unpaired) electrons. The highest BCUT2D eigenvalue weighted by Gasteiger charge is 2.28. The highest BCUT2D eigenvalue weighted by atomic mass is 14.9. The van der Waals surface area contributed by atoms with E-state index in [9.17, 15) is 0 Å². The SMILES string of the molecule is Cc1nc(C2=CC(c3cccnc3)=CC(c3cccnc3)C2C)cc(-c2cc(-c3cccnc3)cc(-c3cccnc3)c2)n1. The molecule has 212 valence electrons. The highest BCUT2D eigenvalue weighted by molar-refractivity contribution is 5.88. The number of benzene rings is 1. The van der Waals surface area contributed by atoms with Crippen LogP contribution in [-0.4, -0.2) is 29.9 Å². The number of nitrogens with zero attached hydrogens (tertiary/aromatic N) is 6. The van der Waals surface area contributed by atoms with Gasteiger partial charge in [0.2, 0.25) is 0 Å². The Balaban J connectivity index is 1.37. The van der Waals surface area contributed by atoms with E-state index in [2.05, 4.69) is 87.5 Å². The van der Waals surface area contributed by atoms with Crippen molar-refractivity contribution in [2.24, 2.45) is 5.92 Å². The molecule has 2 unspecified atom stereocenters. The molecule has 1 aromatic carbocycles. The fraction of sp³-hybridized carbons (Fsp3) is 0.105. The van der Waals surface area contributed by atoms with Gasteiger partial charge in [0.1, 0.15) is 5.82 Å². The molecule has 0 saturated heterocycles. The second-order valence-corrected chi connectivity index (χ2v) is 11.0. The van der Waals surface area contributed by atoms with Crippen LogP contribution in [0.25, 0.3) is 44.7 Å². The molecule has 0 bridgehead atoms. The second kappa shape index (κ2) is 11.9. The van der Waals surface area contributed by atoms with Crippen molar-refractivity contribution in [1.29, 1.82) is 0 Å². The molecule has 6 nitrogen and oxygen atoms in total. The van der Waals surface area contributed by atoms with Crippen LogP contribution >= 0.6 is 0 Å². The first-order chi connectivity index (χ1) is 21.6. The van der Waals surface area contributed by atoms with E-state index in [1.165, 1.54) is 5.56 Å². The lowest BCUT2D eigenvalue weighted by Gasteiger charge is -2.29. The maximum absolute atomic E-state index is 4.99. The molecule has 0 fully saturated rings. The predicted molar refractivity (Wildman–Crippen MR) is 175 cm³/mol. The van der Waals surface area contributed by atoms with Crippen molar-refractivity contribution < 1.29 is 0 Å². The van der Waals surface area contributed by atoms with Crippen molar-refractivity contribution in [3.05, 3.63) is 157 Å². The van der Waals surface area contributed by atoms with Crippen LogP contribution in [0.3, 0.4) is 0 Å². The number of aromatic nitrogens is 6. The number of aryl methyl sites for hydroxylation is 1. The topological polar surface area (TPSA) is 77.3 Å². The molecule has 6 heteroatoms. The van der Waals surface area contributed by atoms with E-state index in [0.717, 1.165) is 61.7 Å². The van der Waals surface area contributed by atoms with E-state index in [-0.39, 0.29) is 11.8 Å². The summed E-state index contributed by atoms with van der Waals surface area (Å²) in [5.41, 5.74) is 11.5. The monoisotopic (exact) mass is 570 g/mol. The average Bonchev–Trinajstić information content (AvgIpc) is 3.09. The molecular weight excluding hydrogens is 540 g/mol. The molecular formula is C38H30N6. The molecule has 5 aromatic heterocycles. The Morgan fingerprint density at radius 3 is 1.66 bits per heavy atom. The molecule has 1 aliphatic carbocycles. The quantitative estimate of drug-likeness (QED) is 0.201. The van der Waals surface area contributed by atoms with E-state index >= 15 is 0 Å². The highest BCUT2D eigenvalue weighted by Crippen LogP contribution is 2.43. The van der Waals surface area contributed by atoms with Crippen LogP contribution in [0.15, 0.2) is 135 Å². The molecule has 0 amide bonds. The number of rotatable bonds is 6. The van der Waals surface area contributed by atoms with E-state index in [4.69, 9.17) is 9.97 Å². The zero-order valence-electron chi connectivity index (χ0n) is 24.5. The van der Waals surface area contributed by atoms with Gasteiger partial charge in [-0.05, 0) is 101 Å². The van der Waals surface area contributed by atoms with Crippen LogP contribution in [0.4, 0.5) is 0 Å². The smallest absolute Gasteiger partial charge is 0.126 e. The molecule has 0 spiro atoms. The van der Waals surface area contributed by atoms with Gasteiger partial charge in [-0.2, -0.15) is 0 Å². The normalized spacial score (nSPS) is 16.2. The fourth-order valence-electron chi connectivity index (χ4n) is 5.90. The first-order valence-electron chi connectivity index (χ1n) is 14.7. The maximum atomic E-state index is 4.99. The van der Waals surface area contributed by atoms with Gasteiger partial charge in [0.05, 0.1) is 11.4 Å². The third-order valence-electron chi connectivity index (χ3n) is 8.12. The second-order valence-electron chi connectivity index (χ2n) is 11.0. The van der Waals surface area contributed by atoms with Gasteiger partial charge in [0, 0.05) is 72.2 Å². The van der Waals surface area contributed by atoms with Gasteiger partial charge in [-0.15, -0.1) is 0 Å². The molecule has 1 aliphatic rings. The third-order valence-corrected chi connectivity index (χ3v) is 8.12. The van der Waals surface area contributed by atoms with Gasteiger partial charge in [0.25, 0.3) is 0 Å². The molecule has 0 N–H and O–H groups in total. The lowest BCUT2D eigenvalue weighted by Crippen LogP contribution is -2.15. The number of allylic oxidation sites excluding steroid dienone is 4. The minimum Gasteiger partial charge on any atom is -0.264 e. The Bertz CT molecular complexity index is 1910.